The molecule has 0 saturated carbocycles. The Bertz CT molecular complexity index is 590. The molecule has 0 spiro atoms. The summed E-state index contributed by atoms with van der Waals surface area (Å²) in [4.78, 5) is 16.9. The molecule has 1 aromatic carbocycles. The summed E-state index contributed by atoms with van der Waals surface area (Å²) in [5.74, 6) is 0.0951. The van der Waals surface area contributed by atoms with Gasteiger partial charge in [0.15, 0.2) is 0 Å². The Morgan fingerprint density at radius 2 is 2.08 bits per heavy atom. The van der Waals surface area contributed by atoms with Gasteiger partial charge in [-0.05, 0) is 51.4 Å². The normalized spacial score (nSPS) is 22.6. The smallest absolute Gasteiger partial charge is 0.317 e. The summed E-state index contributed by atoms with van der Waals surface area (Å²) in [6.45, 7) is 5.58. The van der Waals surface area contributed by atoms with Crippen molar-refractivity contribution >= 4 is 6.03 Å². The van der Waals surface area contributed by atoms with Crippen molar-refractivity contribution < 1.29 is 13.9 Å². The molecule has 2 atom stereocenters. The second-order valence-corrected chi connectivity index (χ2v) is 6.66. The van der Waals surface area contributed by atoms with Crippen LogP contribution in [0.25, 0.3) is 0 Å². The van der Waals surface area contributed by atoms with Crippen molar-refractivity contribution in [3.63, 3.8) is 0 Å². The first-order chi connectivity index (χ1) is 11.6. The van der Waals surface area contributed by atoms with Crippen LogP contribution in [-0.2, 0) is 0 Å². The van der Waals surface area contributed by atoms with Crippen molar-refractivity contribution in [1.29, 1.82) is 0 Å². The molecule has 132 valence electrons. The van der Waals surface area contributed by atoms with Crippen LogP contribution in [0.3, 0.4) is 0 Å². The van der Waals surface area contributed by atoms with E-state index < -0.39 is 6.04 Å². The zero-order chi connectivity index (χ0) is 17.1. The minimum atomic E-state index is -0.445. The standard InChI is InChI=1S/C18H26FN3O2/c1-13(17-15(19)6-5-7-16(17)24-2)20-18(23)22-11-8-14(12-22)21-9-3-4-10-21/h5-7,13-14H,3-4,8-12H2,1-2H3,(H,20,23)/t13-,14-/m1/s1. The van der Waals surface area contributed by atoms with E-state index in [1.54, 1.807) is 19.1 Å². The van der Waals surface area contributed by atoms with E-state index in [2.05, 4.69) is 10.2 Å². The molecule has 6 heteroatoms. The van der Waals surface area contributed by atoms with Crippen molar-refractivity contribution in [2.24, 2.45) is 0 Å². The highest BCUT2D eigenvalue weighted by Crippen LogP contribution is 2.28. The van der Waals surface area contributed by atoms with Gasteiger partial charge in [0.1, 0.15) is 11.6 Å². The summed E-state index contributed by atoms with van der Waals surface area (Å²) >= 11 is 0. The van der Waals surface area contributed by atoms with E-state index in [0.29, 0.717) is 17.4 Å². The molecule has 24 heavy (non-hydrogen) atoms. The van der Waals surface area contributed by atoms with Crippen LogP contribution in [0.15, 0.2) is 18.2 Å². The van der Waals surface area contributed by atoms with E-state index in [1.807, 2.05) is 4.90 Å². The van der Waals surface area contributed by atoms with Gasteiger partial charge in [0.05, 0.1) is 18.7 Å². The lowest BCUT2D eigenvalue weighted by atomic mass is 10.1. The second-order valence-electron chi connectivity index (χ2n) is 6.66. The van der Waals surface area contributed by atoms with Crippen LogP contribution in [0.5, 0.6) is 5.75 Å². The first kappa shape index (κ1) is 17.0. The molecule has 5 nitrogen and oxygen atoms in total. The molecule has 1 aromatic rings. The average molecular weight is 335 g/mol. The molecule has 0 radical (unpaired) electrons. The molecule has 0 unspecified atom stereocenters. The molecule has 1 N–H and O–H groups in total. The third-order valence-electron chi connectivity index (χ3n) is 5.11. The molecule has 0 aromatic heterocycles. The number of amides is 2. The van der Waals surface area contributed by atoms with Crippen LogP contribution >= 0.6 is 0 Å². The Labute approximate surface area is 142 Å². The van der Waals surface area contributed by atoms with Gasteiger partial charge >= 0.3 is 6.03 Å². The average Bonchev–Trinajstić information content (AvgIpc) is 3.25. The summed E-state index contributed by atoms with van der Waals surface area (Å²) in [5.41, 5.74) is 0.392. The molecule has 2 aliphatic rings. The number of nitrogens with zero attached hydrogens (tertiary/aromatic N) is 2. The SMILES string of the molecule is COc1cccc(F)c1[C@@H](C)NC(=O)N1CC[C@@H](N2CCCC2)C1. The summed E-state index contributed by atoms with van der Waals surface area (Å²) in [7, 11) is 1.51. The molecule has 2 saturated heterocycles. The lowest BCUT2D eigenvalue weighted by Gasteiger charge is -2.25. The largest absolute Gasteiger partial charge is 0.496 e. The quantitative estimate of drug-likeness (QED) is 0.920. The topological polar surface area (TPSA) is 44.8 Å². The van der Waals surface area contributed by atoms with E-state index in [-0.39, 0.29) is 11.8 Å². The zero-order valence-electron chi connectivity index (χ0n) is 14.4. The zero-order valence-corrected chi connectivity index (χ0v) is 14.4. The van der Waals surface area contributed by atoms with Gasteiger partial charge in [-0.1, -0.05) is 6.07 Å². The van der Waals surface area contributed by atoms with Crippen molar-refractivity contribution in [3.05, 3.63) is 29.6 Å². The van der Waals surface area contributed by atoms with Gasteiger partial charge in [0.25, 0.3) is 0 Å². The number of halogens is 1. The fourth-order valence-corrected chi connectivity index (χ4v) is 3.80. The number of urea groups is 1. The Kier molecular flexibility index (Phi) is 5.23. The fourth-order valence-electron chi connectivity index (χ4n) is 3.80. The first-order valence-corrected chi connectivity index (χ1v) is 8.72. The predicted octanol–water partition coefficient (Wildman–Crippen LogP) is 2.78. The Morgan fingerprint density at radius 3 is 2.79 bits per heavy atom. The second kappa shape index (κ2) is 7.38. The molecular formula is C18H26FN3O2. The van der Waals surface area contributed by atoms with Gasteiger partial charge in [-0.3, -0.25) is 4.90 Å². The highest BCUT2D eigenvalue weighted by molar-refractivity contribution is 5.75. The van der Waals surface area contributed by atoms with Crippen LogP contribution in [0.2, 0.25) is 0 Å². The molecule has 2 aliphatic heterocycles. The molecule has 2 amide bonds. The number of hydrogen-bond acceptors (Lipinski definition) is 3. The minimum Gasteiger partial charge on any atom is -0.496 e. The number of benzene rings is 1. The van der Waals surface area contributed by atoms with Crippen molar-refractivity contribution in [2.45, 2.75) is 38.3 Å². The number of ether oxygens (including phenoxy) is 1. The Morgan fingerprint density at radius 1 is 1.33 bits per heavy atom. The number of hydrogen-bond donors (Lipinski definition) is 1. The van der Waals surface area contributed by atoms with E-state index in [1.165, 1.54) is 26.0 Å². The van der Waals surface area contributed by atoms with Gasteiger partial charge in [0, 0.05) is 19.1 Å². The number of carbonyl (C=O) groups is 1. The molecule has 2 fully saturated rings. The third kappa shape index (κ3) is 3.48. The van der Waals surface area contributed by atoms with E-state index in [0.717, 1.165) is 32.6 Å². The van der Waals surface area contributed by atoms with Gasteiger partial charge < -0.3 is 15.0 Å². The Hall–Kier alpha value is -1.82. The van der Waals surface area contributed by atoms with Crippen LogP contribution in [-0.4, -0.2) is 55.2 Å². The van der Waals surface area contributed by atoms with E-state index >= 15 is 0 Å². The van der Waals surface area contributed by atoms with Crippen LogP contribution in [0, 0.1) is 5.82 Å². The first-order valence-electron chi connectivity index (χ1n) is 8.72. The monoisotopic (exact) mass is 335 g/mol. The third-order valence-corrected chi connectivity index (χ3v) is 5.11. The highest BCUT2D eigenvalue weighted by atomic mass is 19.1. The van der Waals surface area contributed by atoms with Crippen molar-refractivity contribution in [3.8, 4) is 5.75 Å². The van der Waals surface area contributed by atoms with Crippen LogP contribution in [0.4, 0.5) is 9.18 Å². The van der Waals surface area contributed by atoms with Gasteiger partial charge in [-0.25, -0.2) is 9.18 Å². The van der Waals surface area contributed by atoms with Gasteiger partial charge in [-0.2, -0.15) is 0 Å². The Balaban J connectivity index is 1.61. The van der Waals surface area contributed by atoms with E-state index in [4.69, 9.17) is 4.74 Å². The fraction of sp³-hybridized carbons (Fsp3) is 0.611. The summed E-state index contributed by atoms with van der Waals surface area (Å²) in [6, 6.07) is 4.60. The van der Waals surface area contributed by atoms with Gasteiger partial charge in [-0.15, -0.1) is 0 Å². The van der Waals surface area contributed by atoms with Crippen molar-refractivity contribution in [1.82, 2.24) is 15.1 Å². The number of methoxy groups -OCH3 is 1. The lowest BCUT2D eigenvalue weighted by Crippen LogP contribution is -2.42. The number of rotatable bonds is 4. The number of likely N-dealkylation sites (tertiary alicyclic amines) is 2. The van der Waals surface area contributed by atoms with Crippen LogP contribution < -0.4 is 10.1 Å². The molecule has 0 bridgehead atoms. The highest BCUT2D eigenvalue weighted by Gasteiger charge is 2.32. The summed E-state index contributed by atoms with van der Waals surface area (Å²) < 4.78 is 19.4. The molecule has 2 heterocycles. The number of carbonyl (C=O) groups excluding carboxylic acids is 1. The maximum Gasteiger partial charge on any atom is 0.317 e. The van der Waals surface area contributed by atoms with Crippen LogP contribution in [0.1, 0.15) is 37.8 Å². The van der Waals surface area contributed by atoms with E-state index in [9.17, 15) is 9.18 Å². The number of nitrogens with one attached hydrogen (secondary N) is 1. The summed E-state index contributed by atoms with van der Waals surface area (Å²) in [5, 5.41) is 2.91. The van der Waals surface area contributed by atoms with Crippen molar-refractivity contribution in [2.75, 3.05) is 33.3 Å². The maximum absolute atomic E-state index is 14.1. The molecular weight excluding hydrogens is 309 g/mol. The van der Waals surface area contributed by atoms with Gasteiger partial charge in [0.2, 0.25) is 0 Å². The minimum absolute atomic E-state index is 0.130. The lowest BCUT2D eigenvalue weighted by molar-refractivity contribution is 0.195. The molecule has 3 rings (SSSR count). The summed E-state index contributed by atoms with van der Waals surface area (Å²) in [6.07, 6.45) is 3.53. The predicted molar refractivity (Wildman–Crippen MR) is 90.7 cm³/mol. The molecule has 0 aliphatic carbocycles. The maximum atomic E-state index is 14.1.